The highest BCUT2D eigenvalue weighted by molar-refractivity contribution is 6.99. The lowest BCUT2D eigenvalue weighted by atomic mass is 9.80. The Morgan fingerprint density at radius 3 is 1.33 bits per heavy atom. The molecule has 0 fully saturated rings. The number of ether oxygens (including phenoxy) is 3. The van der Waals surface area contributed by atoms with Crippen LogP contribution >= 0.6 is 0 Å². The number of rotatable bonds is 13. The van der Waals surface area contributed by atoms with Gasteiger partial charge in [-0.25, -0.2) is 0 Å². The zero-order valence-corrected chi connectivity index (χ0v) is 28.4. The molecule has 0 heterocycles. The van der Waals surface area contributed by atoms with Crippen LogP contribution in [-0.4, -0.2) is 47.0 Å². The fourth-order valence-electron chi connectivity index (χ4n) is 6.33. The van der Waals surface area contributed by atoms with E-state index >= 15 is 0 Å². The molecular formula is C40H44O5Si. The van der Waals surface area contributed by atoms with Gasteiger partial charge in [-0.15, -0.1) is 0 Å². The molecule has 0 radical (unpaired) electrons. The average Bonchev–Trinajstić information content (AvgIpc) is 3.10. The lowest BCUT2D eigenvalue weighted by Crippen LogP contribution is -2.67. The van der Waals surface area contributed by atoms with E-state index in [9.17, 15) is 5.11 Å². The molecule has 5 rings (SSSR count). The molecule has 0 amide bonds. The summed E-state index contributed by atoms with van der Waals surface area (Å²) in [5.41, 5.74) is 1.72. The van der Waals surface area contributed by atoms with Crippen LogP contribution in [-0.2, 0) is 14.8 Å². The van der Waals surface area contributed by atoms with Gasteiger partial charge in [0.05, 0.1) is 33.5 Å². The molecule has 46 heavy (non-hydrogen) atoms. The standard InChI is InChI=1S/C40H44O5Si/c1-39(2,3)46(37-17-11-7-12-18-37,38-19-13-8-14-20-38)45-30-34(41)29-44-40(31-15-9-6-10-16-31,32-21-25-35(42-4)26-22-32)33-23-27-36(43-5)28-24-33/h6-28,34,41H,29-30H2,1-5H3/t34-/m0/s1. The smallest absolute Gasteiger partial charge is 0.261 e. The second kappa shape index (κ2) is 14.5. The summed E-state index contributed by atoms with van der Waals surface area (Å²) in [5.74, 6) is 1.50. The number of benzene rings is 5. The first-order valence-corrected chi connectivity index (χ1v) is 17.6. The minimum atomic E-state index is -2.84. The Kier molecular flexibility index (Phi) is 10.4. The van der Waals surface area contributed by atoms with Gasteiger partial charge in [0.2, 0.25) is 0 Å². The summed E-state index contributed by atoms with van der Waals surface area (Å²) in [6, 6.07) is 46.8. The lowest BCUT2D eigenvalue weighted by Gasteiger charge is -2.43. The van der Waals surface area contributed by atoms with Gasteiger partial charge in [0, 0.05) is 0 Å². The molecule has 238 valence electrons. The van der Waals surface area contributed by atoms with Gasteiger partial charge in [-0.2, -0.15) is 0 Å². The van der Waals surface area contributed by atoms with Gasteiger partial charge in [-0.1, -0.05) is 136 Å². The summed E-state index contributed by atoms with van der Waals surface area (Å²) in [4.78, 5) is 0. The average molecular weight is 633 g/mol. The van der Waals surface area contributed by atoms with Crippen LogP contribution in [0.5, 0.6) is 11.5 Å². The maximum atomic E-state index is 11.7. The van der Waals surface area contributed by atoms with Gasteiger partial charge in [0.15, 0.2) is 0 Å². The molecule has 0 aliphatic carbocycles. The van der Waals surface area contributed by atoms with Crippen molar-refractivity contribution >= 4 is 18.7 Å². The molecule has 0 aliphatic heterocycles. The van der Waals surface area contributed by atoms with Gasteiger partial charge in [-0.3, -0.25) is 0 Å². The van der Waals surface area contributed by atoms with Crippen molar-refractivity contribution in [2.24, 2.45) is 0 Å². The topological polar surface area (TPSA) is 57.2 Å². The molecule has 5 aromatic rings. The van der Waals surface area contributed by atoms with Crippen molar-refractivity contribution in [3.63, 3.8) is 0 Å². The summed E-state index contributed by atoms with van der Waals surface area (Å²) in [6.45, 7) is 6.84. The highest BCUT2D eigenvalue weighted by Gasteiger charge is 2.50. The molecular weight excluding hydrogens is 589 g/mol. The number of methoxy groups -OCH3 is 2. The zero-order valence-electron chi connectivity index (χ0n) is 27.4. The van der Waals surface area contributed by atoms with E-state index in [1.165, 1.54) is 0 Å². The Hall–Kier alpha value is -4.20. The summed E-state index contributed by atoms with van der Waals surface area (Å²) in [5, 5.41) is 13.8. The van der Waals surface area contributed by atoms with Crippen LogP contribution in [0.2, 0.25) is 5.04 Å². The van der Waals surface area contributed by atoms with Gasteiger partial charge < -0.3 is 23.7 Å². The summed E-state index contributed by atoms with van der Waals surface area (Å²) >= 11 is 0. The SMILES string of the molecule is COc1ccc(C(OC[C@H](O)CO[Si](c2ccccc2)(c2ccccc2)C(C)(C)C)(c2ccccc2)c2ccc(OC)cc2)cc1. The Labute approximate surface area is 274 Å². The molecule has 5 nitrogen and oxygen atoms in total. The second-order valence-corrected chi connectivity index (χ2v) is 16.7. The first-order chi connectivity index (χ1) is 22.2. The Morgan fingerprint density at radius 1 is 0.543 bits per heavy atom. The normalized spacial score (nSPS) is 12.8. The molecule has 6 heteroatoms. The van der Waals surface area contributed by atoms with E-state index in [0.717, 1.165) is 38.6 Å². The molecule has 0 spiro atoms. The van der Waals surface area contributed by atoms with Crippen molar-refractivity contribution in [1.82, 2.24) is 0 Å². The Morgan fingerprint density at radius 2 is 0.935 bits per heavy atom. The minimum absolute atomic E-state index is 0.0329. The van der Waals surface area contributed by atoms with Crippen LogP contribution in [0.25, 0.3) is 0 Å². The molecule has 5 aromatic carbocycles. The molecule has 1 atom stereocenters. The third kappa shape index (κ3) is 6.67. The van der Waals surface area contributed by atoms with Crippen molar-refractivity contribution in [1.29, 1.82) is 0 Å². The van der Waals surface area contributed by atoms with Crippen LogP contribution in [0.15, 0.2) is 140 Å². The van der Waals surface area contributed by atoms with E-state index in [1.54, 1.807) is 14.2 Å². The van der Waals surface area contributed by atoms with Gasteiger partial charge in [0.25, 0.3) is 8.32 Å². The van der Waals surface area contributed by atoms with E-state index in [2.05, 4.69) is 81.4 Å². The summed E-state index contributed by atoms with van der Waals surface area (Å²) < 4.78 is 25.0. The number of hydrogen-bond donors (Lipinski definition) is 1. The molecule has 0 saturated carbocycles. The van der Waals surface area contributed by atoms with Gasteiger partial charge in [-0.05, 0) is 56.4 Å². The van der Waals surface area contributed by atoms with E-state index in [4.69, 9.17) is 18.6 Å². The fourth-order valence-corrected chi connectivity index (χ4v) is 10.9. The quantitative estimate of drug-likeness (QED) is 0.113. The van der Waals surface area contributed by atoms with E-state index in [1.807, 2.05) is 78.9 Å². The van der Waals surface area contributed by atoms with Crippen LogP contribution < -0.4 is 19.8 Å². The van der Waals surface area contributed by atoms with Crippen LogP contribution in [0.1, 0.15) is 37.5 Å². The van der Waals surface area contributed by atoms with Gasteiger partial charge in [0.1, 0.15) is 17.1 Å². The van der Waals surface area contributed by atoms with Crippen molar-refractivity contribution in [3.05, 3.63) is 156 Å². The first kappa shape index (κ1) is 33.2. The van der Waals surface area contributed by atoms with E-state index in [-0.39, 0.29) is 18.3 Å². The van der Waals surface area contributed by atoms with E-state index < -0.39 is 20.0 Å². The summed E-state index contributed by atoms with van der Waals surface area (Å²) in [6.07, 6.45) is -0.902. The second-order valence-electron chi connectivity index (χ2n) is 12.4. The third-order valence-corrected chi connectivity index (χ3v) is 13.6. The number of aliphatic hydroxyl groups is 1. The van der Waals surface area contributed by atoms with Crippen molar-refractivity contribution in [2.45, 2.75) is 37.5 Å². The molecule has 0 saturated heterocycles. The zero-order chi connectivity index (χ0) is 32.6. The summed E-state index contributed by atoms with van der Waals surface area (Å²) in [7, 11) is 0.465. The van der Waals surface area contributed by atoms with E-state index in [0.29, 0.717) is 0 Å². The Bertz CT molecular complexity index is 1550. The maximum Gasteiger partial charge on any atom is 0.261 e. The largest absolute Gasteiger partial charge is 0.497 e. The molecule has 0 aliphatic rings. The number of hydrogen-bond acceptors (Lipinski definition) is 5. The monoisotopic (exact) mass is 632 g/mol. The van der Waals surface area contributed by atoms with Crippen LogP contribution in [0.3, 0.4) is 0 Å². The van der Waals surface area contributed by atoms with Crippen molar-refractivity contribution < 1.29 is 23.7 Å². The Balaban J connectivity index is 1.52. The third-order valence-electron chi connectivity index (χ3n) is 8.57. The minimum Gasteiger partial charge on any atom is -0.497 e. The first-order valence-electron chi connectivity index (χ1n) is 15.7. The van der Waals surface area contributed by atoms with Crippen LogP contribution in [0, 0.1) is 0 Å². The number of aliphatic hydroxyl groups excluding tert-OH is 1. The highest BCUT2D eigenvalue weighted by atomic mass is 28.4. The van der Waals surface area contributed by atoms with Gasteiger partial charge >= 0.3 is 0 Å². The molecule has 0 aromatic heterocycles. The van der Waals surface area contributed by atoms with Crippen LogP contribution in [0.4, 0.5) is 0 Å². The fraction of sp³-hybridized carbons (Fsp3) is 0.250. The van der Waals surface area contributed by atoms with Crippen molar-refractivity contribution in [3.8, 4) is 11.5 Å². The molecule has 0 unspecified atom stereocenters. The lowest BCUT2D eigenvalue weighted by molar-refractivity contribution is -0.0504. The molecule has 1 N–H and O–H groups in total. The predicted octanol–water partition coefficient (Wildman–Crippen LogP) is 6.95. The highest BCUT2D eigenvalue weighted by Crippen LogP contribution is 2.42. The van der Waals surface area contributed by atoms with Crippen molar-refractivity contribution in [2.75, 3.05) is 27.4 Å². The molecule has 0 bridgehead atoms. The maximum absolute atomic E-state index is 11.7. The predicted molar refractivity (Wildman–Crippen MR) is 188 cm³/mol.